The Balaban J connectivity index is 1.31. The van der Waals surface area contributed by atoms with Gasteiger partial charge in [0.05, 0.1) is 19.6 Å². The Morgan fingerprint density at radius 2 is 1.88 bits per heavy atom. The van der Waals surface area contributed by atoms with Crippen molar-refractivity contribution in [3.8, 4) is 23.0 Å². The third-order valence-corrected chi connectivity index (χ3v) is 6.63. The molecule has 0 unspecified atom stereocenters. The van der Waals surface area contributed by atoms with E-state index in [1.54, 1.807) is 14.2 Å². The molecule has 1 saturated carbocycles. The van der Waals surface area contributed by atoms with E-state index >= 15 is 0 Å². The van der Waals surface area contributed by atoms with Gasteiger partial charge in [-0.25, -0.2) is 0 Å². The Labute approximate surface area is 187 Å². The van der Waals surface area contributed by atoms with Gasteiger partial charge in [-0.3, -0.25) is 4.79 Å². The summed E-state index contributed by atoms with van der Waals surface area (Å²) in [6.07, 6.45) is 3.65. The molecule has 2 aromatic carbocycles. The molecule has 0 spiro atoms. The number of ether oxygens (including phenoxy) is 2. The van der Waals surface area contributed by atoms with Crippen molar-refractivity contribution in [1.82, 2.24) is 15.0 Å². The van der Waals surface area contributed by atoms with Gasteiger partial charge in [-0.05, 0) is 61.6 Å². The molecule has 7 heteroatoms. The third-order valence-electron chi connectivity index (χ3n) is 6.63. The highest BCUT2D eigenvalue weighted by Crippen LogP contribution is 2.50. The van der Waals surface area contributed by atoms with E-state index in [1.807, 2.05) is 53.4 Å². The fourth-order valence-corrected chi connectivity index (χ4v) is 4.61. The van der Waals surface area contributed by atoms with Crippen LogP contribution in [0.5, 0.6) is 11.5 Å². The highest BCUT2D eigenvalue weighted by Gasteiger charge is 2.53. The van der Waals surface area contributed by atoms with E-state index in [4.69, 9.17) is 14.0 Å². The monoisotopic (exact) mass is 433 g/mol. The molecule has 3 aromatic rings. The number of carbonyl (C=O) groups excluding carboxylic acids is 1. The Hall–Kier alpha value is -3.35. The molecule has 1 atom stereocenters. The molecule has 7 nitrogen and oxygen atoms in total. The van der Waals surface area contributed by atoms with Crippen LogP contribution in [0.2, 0.25) is 0 Å². The summed E-state index contributed by atoms with van der Waals surface area (Å²) in [5.41, 5.74) is 1.51. The van der Waals surface area contributed by atoms with E-state index in [0.717, 1.165) is 54.9 Å². The molecule has 2 heterocycles. The molecule has 1 aliphatic carbocycles. The van der Waals surface area contributed by atoms with Crippen molar-refractivity contribution in [2.75, 3.05) is 27.3 Å². The second kappa shape index (κ2) is 8.30. The lowest BCUT2D eigenvalue weighted by atomic mass is 9.91. The minimum Gasteiger partial charge on any atom is -0.497 e. The fraction of sp³-hybridized carbons (Fsp3) is 0.400. The van der Waals surface area contributed by atoms with Crippen LogP contribution < -0.4 is 9.47 Å². The van der Waals surface area contributed by atoms with Crippen molar-refractivity contribution >= 4 is 5.91 Å². The van der Waals surface area contributed by atoms with Crippen LogP contribution in [-0.4, -0.2) is 48.3 Å². The number of nitrogens with zero attached hydrogens (tertiary/aromatic N) is 3. The predicted molar refractivity (Wildman–Crippen MR) is 119 cm³/mol. The Kier molecular flexibility index (Phi) is 5.33. The quantitative estimate of drug-likeness (QED) is 0.580. The first-order chi connectivity index (χ1) is 15.6. The predicted octanol–water partition coefficient (Wildman–Crippen LogP) is 4.19. The van der Waals surface area contributed by atoms with E-state index in [2.05, 4.69) is 10.1 Å². The number of piperidine rings is 1. The summed E-state index contributed by atoms with van der Waals surface area (Å²) in [6.45, 7) is 1.39. The first-order valence-corrected chi connectivity index (χ1v) is 11.0. The minimum atomic E-state index is -0.392. The van der Waals surface area contributed by atoms with Crippen molar-refractivity contribution < 1.29 is 18.8 Å². The molecule has 1 aliphatic heterocycles. The molecular weight excluding hydrogens is 406 g/mol. The van der Waals surface area contributed by atoms with Crippen molar-refractivity contribution in [3.63, 3.8) is 0 Å². The molecule has 2 fully saturated rings. The number of benzene rings is 2. The molecule has 0 bridgehead atoms. The van der Waals surface area contributed by atoms with Gasteiger partial charge < -0.3 is 18.9 Å². The van der Waals surface area contributed by atoms with Crippen molar-refractivity contribution in [3.05, 3.63) is 59.9 Å². The SMILES string of the molecule is COc1ccc(C2(C(=O)N3CCC[C@H](c4noc(-c5cccc(OC)c5)n4)C3)CC2)cc1. The number of aromatic nitrogens is 2. The van der Waals surface area contributed by atoms with Crippen molar-refractivity contribution in [1.29, 1.82) is 0 Å². The zero-order valence-corrected chi connectivity index (χ0v) is 18.4. The van der Waals surface area contributed by atoms with Crippen molar-refractivity contribution in [2.24, 2.45) is 0 Å². The molecule has 166 valence electrons. The number of methoxy groups -OCH3 is 2. The first-order valence-electron chi connectivity index (χ1n) is 11.0. The van der Waals surface area contributed by atoms with Crippen LogP contribution in [0.1, 0.15) is 43.0 Å². The maximum atomic E-state index is 13.5. The van der Waals surface area contributed by atoms with Gasteiger partial charge >= 0.3 is 0 Å². The number of carbonyl (C=O) groups is 1. The highest BCUT2D eigenvalue weighted by atomic mass is 16.5. The molecule has 2 aliphatic rings. The molecule has 32 heavy (non-hydrogen) atoms. The molecule has 1 saturated heterocycles. The summed E-state index contributed by atoms with van der Waals surface area (Å²) in [5, 5.41) is 4.24. The fourth-order valence-electron chi connectivity index (χ4n) is 4.61. The average Bonchev–Trinajstić information content (AvgIpc) is 3.52. The maximum Gasteiger partial charge on any atom is 0.258 e. The van der Waals surface area contributed by atoms with Gasteiger partial charge in [-0.15, -0.1) is 0 Å². The van der Waals surface area contributed by atoms with Crippen LogP contribution in [-0.2, 0) is 10.2 Å². The van der Waals surface area contributed by atoms with Crippen LogP contribution in [0.3, 0.4) is 0 Å². The van der Waals surface area contributed by atoms with Crippen LogP contribution >= 0.6 is 0 Å². The highest BCUT2D eigenvalue weighted by molar-refractivity contribution is 5.91. The van der Waals surface area contributed by atoms with Crippen molar-refractivity contribution in [2.45, 2.75) is 37.0 Å². The number of hydrogen-bond donors (Lipinski definition) is 0. The molecule has 0 radical (unpaired) electrons. The van der Waals surface area contributed by atoms with Gasteiger partial charge in [0.15, 0.2) is 5.82 Å². The smallest absolute Gasteiger partial charge is 0.258 e. The standard InChI is InChI=1S/C25H27N3O4/c1-30-20-10-8-19(9-11-20)25(12-13-25)24(29)28-14-4-6-18(16-28)22-26-23(32-27-22)17-5-3-7-21(15-17)31-2/h3,5,7-11,15,18H,4,6,12-14,16H2,1-2H3/t18-/m0/s1. The first kappa shape index (κ1) is 20.5. The van der Waals surface area contributed by atoms with Gasteiger partial charge in [0.25, 0.3) is 5.89 Å². The molecule has 1 amide bonds. The number of rotatable bonds is 6. The minimum absolute atomic E-state index is 0.0717. The van der Waals surface area contributed by atoms with Gasteiger partial charge in [0.1, 0.15) is 11.5 Å². The zero-order valence-electron chi connectivity index (χ0n) is 18.4. The largest absolute Gasteiger partial charge is 0.497 e. The number of likely N-dealkylation sites (tertiary alicyclic amines) is 1. The third kappa shape index (κ3) is 3.72. The van der Waals surface area contributed by atoms with Gasteiger partial charge in [-0.2, -0.15) is 4.98 Å². The lowest BCUT2D eigenvalue weighted by Gasteiger charge is -2.34. The second-order valence-corrected chi connectivity index (χ2v) is 8.59. The Morgan fingerprint density at radius 1 is 1.09 bits per heavy atom. The van der Waals surface area contributed by atoms with Gasteiger partial charge in [-0.1, -0.05) is 23.4 Å². The molecule has 5 rings (SSSR count). The summed E-state index contributed by atoms with van der Waals surface area (Å²) in [6, 6.07) is 15.5. The topological polar surface area (TPSA) is 77.7 Å². The molecule has 0 N–H and O–H groups in total. The van der Waals surface area contributed by atoms with E-state index in [1.165, 1.54) is 0 Å². The van der Waals surface area contributed by atoms with Gasteiger partial charge in [0.2, 0.25) is 5.91 Å². The maximum absolute atomic E-state index is 13.5. The van der Waals surface area contributed by atoms with E-state index in [0.29, 0.717) is 18.3 Å². The normalized spacial score (nSPS) is 19.4. The van der Waals surface area contributed by atoms with Crippen LogP contribution in [0.15, 0.2) is 53.1 Å². The summed E-state index contributed by atoms with van der Waals surface area (Å²) in [5.74, 6) is 2.96. The van der Waals surface area contributed by atoms with Crippen LogP contribution in [0.4, 0.5) is 0 Å². The van der Waals surface area contributed by atoms with E-state index in [9.17, 15) is 4.79 Å². The summed E-state index contributed by atoms with van der Waals surface area (Å²) >= 11 is 0. The van der Waals surface area contributed by atoms with Gasteiger partial charge in [0, 0.05) is 24.6 Å². The number of amides is 1. The number of hydrogen-bond acceptors (Lipinski definition) is 6. The summed E-state index contributed by atoms with van der Waals surface area (Å²) in [4.78, 5) is 20.2. The summed E-state index contributed by atoms with van der Waals surface area (Å²) in [7, 11) is 3.28. The lowest BCUT2D eigenvalue weighted by molar-refractivity contribution is -0.135. The van der Waals surface area contributed by atoms with E-state index in [-0.39, 0.29) is 11.8 Å². The second-order valence-electron chi connectivity index (χ2n) is 8.59. The zero-order chi connectivity index (χ0) is 22.1. The van der Waals surface area contributed by atoms with E-state index < -0.39 is 5.41 Å². The molecule has 1 aromatic heterocycles. The van der Waals surface area contributed by atoms with Crippen LogP contribution in [0.25, 0.3) is 11.5 Å². The Morgan fingerprint density at radius 3 is 2.59 bits per heavy atom. The Bertz CT molecular complexity index is 1100. The lowest BCUT2D eigenvalue weighted by Crippen LogP contribution is -2.44. The van der Waals surface area contributed by atoms with Crippen LogP contribution in [0, 0.1) is 0 Å². The molecular formula is C25H27N3O4. The summed E-state index contributed by atoms with van der Waals surface area (Å²) < 4.78 is 16.1. The average molecular weight is 434 g/mol.